The number of hydrogen-bond acceptors (Lipinski definition) is 5. The molecule has 0 aliphatic carbocycles. The Bertz CT molecular complexity index is 407. The standard InChI is InChI=1S/C14H20O5/c1-16-10-7-11(17-2)14(12(8-10)18-3)13-6-9(15)4-5-19-13/h7-9,13,15H,4-6H2,1-3H3. The summed E-state index contributed by atoms with van der Waals surface area (Å²) in [4.78, 5) is 0. The lowest BCUT2D eigenvalue weighted by Gasteiger charge is -2.29. The van der Waals surface area contributed by atoms with Crippen molar-refractivity contribution in [1.29, 1.82) is 0 Å². The predicted molar refractivity (Wildman–Crippen MR) is 70.0 cm³/mol. The second-order valence-corrected chi connectivity index (χ2v) is 4.48. The average molecular weight is 268 g/mol. The maximum Gasteiger partial charge on any atom is 0.132 e. The first-order chi connectivity index (χ1) is 9.19. The van der Waals surface area contributed by atoms with Gasteiger partial charge >= 0.3 is 0 Å². The Labute approximate surface area is 113 Å². The minimum atomic E-state index is -0.352. The van der Waals surface area contributed by atoms with E-state index in [4.69, 9.17) is 18.9 Å². The summed E-state index contributed by atoms with van der Waals surface area (Å²) in [7, 11) is 4.78. The van der Waals surface area contributed by atoms with E-state index in [1.807, 2.05) is 0 Å². The van der Waals surface area contributed by atoms with Gasteiger partial charge < -0.3 is 24.1 Å². The van der Waals surface area contributed by atoms with Gasteiger partial charge in [0.25, 0.3) is 0 Å². The summed E-state index contributed by atoms with van der Waals surface area (Å²) in [5.74, 6) is 1.96. The number of methoxy groups -OCH3 is 3. The lowest BCUT2D eigenvalue weighted by Crippen LogP contribution is -2.24. The Morgan fingerprint density at radius 1 is 1.11 bits per heavy atom. The minimum Gasteiger partial charge on any atom is -0.496 e. The van der Waals surface area contributed by atoms with Crippen LogP contribution in [0.2, 0.25) is 0 Å². The molecule has 5 nitrogen and oxygen atoms in total. The molecule has 19 heavy (non-hydrogen) atoms. The highest BCUT2D eigenvalue weighted by Crippen LogP contribution is 2.42. The van der Waals surface area contributed by atoms with Gasteiger partial charge in [0.1, 0.15) is 17.2 Å². The fraction of sp³-hybridized carbons (Fsp3) is 0.571. The van der Waals surface area contributed by atoms with Crippen LogP contribution in [0.1, 0.15) is 24.5 Å². The van der Waals surface area contributed by atoms with Crippen molar-refractivity contribution < 1.29 is 24.1 Å². The molecule has 1 N–H and O–H groups in total. The van der Waals surface area contributed by atoms with Gasteiger partial charge in [-0.3, -0.25) is 0 Å². The molecule has 1 heterocycles. The topological polar surface area (TPSA) is 57.2 Å². The van der Waals surface area contributed by atoms with Crippen molar-refractivity contribution in [2.75, 3.05) is 27.9 Å². The van der Waals surface area contributed by atoms with E-state index in [9.17, 15) is 5.11 Å². The van der Waals surface area contributed by atoms with Gasteiger partial charge in [-0.1, -0.05) is 0 Å². The molecular weight excluding hydrogens is 248 g/mol. The average Bonchev–Trinajstić information content (AvgIpc) is 2.45. The largest absolute Gasteiger partial charge is 0.496 e. The van der Waals surface area contributed by atoms with Crippen molar-refractivity contribution in [2.45, 2.75) is 25.0 Å². The summed E-state index contributed by atoms with van der Waals surface area (Å²) in [6.07, 6.45) is 0.630. The molecule has 106 valence electrons. The highest BCUT2D eigenvalue weighted by molar-refractivity contribution is 5.52. The molecule has 1 fully saturated rings. The van der Waals surface area contributed by atoms with E-state index in [1.165, 1.54) is 0 Å². The smallest absolute Gasteiger partial charge is 0.132 e. The molecule has 0 amide bonds. The second-order valence-electron chi connectivity index (χ2n) is 4.48. The summed E-state index contributed by atoms with van der Waals surface area (Å²) in [5, 5.41) is 9.78. The quantitative estimate of drug-likeness (QED) is 0.904. The molecule has 2 unspecified atom stereocenters. The van der Waals surface area contributed by atoms with Crippen molar-refractivity contribution in [3.05, 3.63) is 17.7 Å². The summed E-state index contributed by atoms with van der Waals surface area (Å²) in [6, 6.07) is 3.59. The minimum absolute atomic E-state index is 0.223. The van der Waals surface area contributed by atoms with Gasteiger partial charge in [-0.05, 0) is 6.42 Å². The van der Waals surface area contributed by atoms with Gasteiger partial charge in [0.05, 0.1) is 39.1 Å². The van der Waals surface area contributed by atoms with E-state index in [2.05, 4.69) is 0 Å². The third-order valence-electron chi connectivity index (χ3n) is 3.33. The van der Waals surface area contributed by atoms with Gasteiger partial charge in [-0.25, -0.2) is 0 Å². The van der Waals surface area contributed by atoms with Crippen LogP contribution in [-0.2, 0) is 4.74 Å². The van der Waals surface area contributed by atoms with E-state index in [0.29, 0.717) is 36.7 Å². The lowest BCUT2D eigenvalue weighted by atomic mass is 9.97. The summed E-state index contributed by atoms with van der Waals surface area (Å²) in [5.41, 5.74) is 0.824. The summed E-state index contributed by atoms with van der Waals surface area (Å²) < 4.78 is 21.7. The van der Waals surface area contributed by atoms with Crippen molar-refractivity contribution >= 4 is 0 Å². The van der Waals surface area contributed by atoms with Crippen LogP contribution in [-0.4, -0.2) is 39.1 Å². The van der Waals surface area contributed by atoms with Gasteiger partial charge in [-0.15, -0.1) is 0 Å². The Hall–Kier alpha value is -1.46. The molecule has 1 saturated heterocycles. The SMILES string of the molecule is COc1cc(OC)c(C2CC(O)CCO2)c(OC)c1. The van der Waals surface area contributed by atoms with Crippen molar-refractivity contribution in [2.24, 2.45) is 0 Å². The fourth-order valence-electron chi connectivity index (χ4n) is 2.33. The van der Waals surface area contributed by atoms with Crippen LogP contribution < -0.4 is 14.2 Å². The Morgan fingerprint density at radius 3 is 2.21 bits per heavy atom. The van der Waals surface area contributed by atoms with Gasteiger partial charge in [0.15, 0.2) is 0 Å². The molecule has 5 heteroatoms. The number of aliphatic hydroxyl groups excluding tert-OH is 1. The van der Waals surface area contributed by atoms with Crippen LogP contribution in [0, 0.1) is 0 Å². The maximum absolute atomic E-state index is 9.78. The number of rotatable bonds is 4. The molecule has 1 aromatic carbocycles. The first kappa shape index (κ1) is 14.0. The predicted octanol–water partition coefficient (Wildman–Crippen LogP) is 1.92. The summed E-state index contributed by atoms with van der Waals surface area (Å²) in [6.45, 7) is 0.532. The van der Waals surface area contributed by atoms with Crippen LogP contribution >= 0.6 is 0 Å². The molecule has 1 aromatic rings. The van der Waals surface area contributed by atoms with Crippen molar-refractivity contribution in [3.8, 4) is 17.2 Å². The number of benzene rings is 1. The molecule has 0 aromatic heterocycles. The van der Waals surface area contributed by atoms with Crippen molar-refractivity contribution in [3.63, 3.8) is 0 Å². The second kappa shape index (κ2) is 6.12. The molecule has 0 bridgehead atoms. The zero-order valence-corrected chi connectivity index (χ0v) is 11.5. The highest BCUT2D eigenvalue weighted by Gasteiger charge is 2.28. The third kappa shape index (κ3) is 2.93. The van der Waals surface area contributed by atoms with Crippen LogP contribution in [0.15, 0.2) is 12.1 Å². The molecule has 2 atom stereocenters. The van der Waals surface area contributed by atoms with Crippen LogP contribution in [0.5, 0.6) is 17.2 Å². The molecule has 0 radical (unpaired) electrons. The molecule has 2 rings (SSSR count). The zero-order valence-electron chi connectivity index (χ0n) is 11.5. The normalized spacial score (nSPS) is 22.9. The molecule has 1 aliphatic heterocycles. The van der Waals surface area contributed by atoms with E-state index in [0.717, 1.165) is 5.56 Å². The third-order valence-corrected chi connectivity index (χ3v) is 3.33. The van der Waals surface area contributed by atoms with Crippen LogP contribution in [0.3, 0.4) is 0 Å². The van der Waals surface area contributed by atoms with Gasteiger partial charge in [-0.2, -0.15) is 0 Å². The Balaban J connectivity index is 2.41. The summed E-state index contributed by atoms with van der Waals surface area (Å²) >= 11 is 0. The number of hydrogen-bond donors (Lipinski definition) is 1. The number of ether oxygens (including phenoxy) is 4. The first-order valence-electron chi connectivity index (χ1n) is 6.29. The fourth-order valence-corrected chi connectivity index (χ4v) is 2.33. The lowest BCUT2D eigenvalue weighted by molar-refractivity contribution is -0.0463. The Morgan fingerprint density at radius 2 is 1.74 bits per heavy atom. The van der Waals surface area contributed by atoms with Crippen molar-refractivity contribution in [1.82, 2.24) is 0 Å². The highest BCUT2D eigenvalue weighted by atomic mass is 16.5. The molecule has 0 saturated carbocycles. The maximum atomic E-state index is 9.78. The first-order valence-corrected chi connectivity index (χ1v) is 6.29. The van der Waals surface area contributed by atoms with Gasteiger partial charge in [0, 0.05) is 25.2 Å². The molecule has 0 spiro atoms. The van der Waals surface area contributed by atoms with E-state index < -0.39 is 0 Å². The number of aliphatic hydroxyl groups is 1. The van der Waals surface area contributed by atoms with Gasteiger partial charge in [0.2, 0.25) is 0 Å². The zero-order chi connectivity index (χ0) is 13.8. The van der Waals surface area contributed by atoms with E-state index in [-0.39, 0.29) is 12.2 Å². The van der Waals surface area contributed by atoms with Crippen LogP contribution in [0.25, 0.3) is 0 Å². The Kier molecular flexibility index (Phi) is 4.50. The molecule has 1 aliphatic rings. The molecular formula is C14H20O5. The van der Waals surface area contributed by atoms with E-state index >= 15 is 0 Å². The van der Waals surface area contributed by atoms with E-state index in [1.54, 1.807) is 33.5 Å². The van der Waals surface area contributed by atoms with Crippen LogP contribution in [0.4, 0.5) is 0 Å². The monoisotopic (exact) mass is 268 g/mol.